The third kappa shape index (κ3) is 3.51. The van der Waals surface area contributed by atoms with Crippen LogP contribution in [-0.4, -0.2) is 22.3 Å². The molecule has 0 saturated heterocycles. The van der Waals surface area contributed by atoms with Crippen LogP contribution in [0.4, 0.5) is 5.82 Å². The number of rotatable bonds is 5. The van der Waals surface area contributed by atoms with E-state index in [0.717, 1.165) is 34.2 Å². The van der Waals surface area contributed by atoms with E-state index < -0.39 is 0 Å². The summed E-state index contributed by atoms with van der Waals surface area (Å²) in [5.41, 5.74) is 3.25. The molecule has 0 aliphatic heterocycles. The fraction of sp³-hybridized carbons (Fsp3) is 0.375. The molecule has 0 aliphatic rings. The Kier molecular flexibility index (Phi) is 5.01. The number of hydrogen-bond donors (Lipinski definition) is 1. The zero-order valence-corrected chi connectivity index (χ0v) is 13.3. The van der Waals surface area contributed by atoms with Crippen LogP contribution in [0.25, 0.3) is 11.3 Å². The molecule has 1 aromatic heterocycles. The van der Waals surface area contributed by atoms with Crippen molar-refractivity contribution >= 4 is 17.6 Å². The molecule has 3 nitrogen and oxygen atoms in total. The first kappa shape index (κ1) is 14.9. The van der Waals surface area contributed by atoms with Crippen molar-refractivity contribution in [3.63, 3.8) is 0 Å². The first-order valence-corrected chi connectivity index (χ1v) is 7.89. The highest BCUT2D eigenvalue weighted by molar-refractivity contribution is 7.99. The van der Waals surface area contributed by atoms with Gasteiger partial charge in [-0.1, -0.05) is 44.2 Å². The van der Waals surface area contributed by atoms with Gasteiger partial charge in [-0.25, -0.2) is 9.97 Å². The number of nitrogens with zero attached hydrogens (tertiary/aromatic N) is 2. The Morgan fingerprint density at radius 3 is 2.45 bits per heavy atom. The average Bonchev–Trinajstić information content (AvgIpc) is 2.47. The highest BCUT2D eigenvalue weighted by Crippen LogP contribution is 2.27. The molecule has 0 atom stereocenters. The van der Waals surface area contributed by atoms with Crippen LogP contribution in [0.2, 0.25) is 0 Å². The van der Waals surface area contributed by atoms with E-state index in [0.29, 0.717) is 5.25 Å². The lowest BCUT2D eigenvalue weighted by molar-refractivity contribution is 1.01. The average molecular weight is 287 g/mol. The van der Waals surface area contributed by atoms with Gasteiger partial charge in [-0.15, -0.1) is 0 Å². The van der Waals surface area contributed by atoms with Crippen LogP contribution in [0.1, 0.15) is 25.2 Å². The molecule has 2 rings (SSSR count). The summed E-state index contributed by atoms with van der Waals surface area (Å²) in [4.78, 5) is 9.36. The van der Waals surface area contributed by atoms with Crippen LogP contribution < -0.4 is 5.32 Å². The monoisotopic (exact) mass is 287 g/mol. The van der Waals surface area contributed by atoms with Crippen molar-refractivity contribution in [1.29, 1.82) is 0 Å². The second kappa shape index (κ2) is 6.75. The predicted octanol–water partition coefficient (Wildman–Crippen LogP) is 4.14. The summed E-state index contributed by atoms with van der Waals surface area (Å²) in [6.07, 6.45) is 0. The van der Waals surface area contributed by atoms with E-state index in [1.165, 1.54) is 0 Å². The van der Waals surface area contributed by atoms with Crippen LogP contribution in [0.5, 0.6) is 0 Å². The molecular formula is C16H21N3S. The smallest absolute Gasteiger partial charge is 0.141 e. The van der Waals surface area contributed by atoms with Gasteiger partial charge in [0.25, 0.3) is 0 Å². The topological polar surface area (TPSA) is 37.8 Å². The minimum atomic E-state index is 0.582. The van der Waals surface area contributed by atoms with E-state index in [4.69, 9.17) is 4.98 Å². The molecule has 106 valence electrons. The van der Waals surface area contributed by atoms with Crippen molar-refractivity contribution in [3.05, 3.63) is 41.7 Å². The minimum absolute atomic E-state index is 0.582. The molecule has 0 amide bonds. The van der Waals surface area contributed by atoms with Crippen LogP contribution in [0, 0.1) is 6.92 Å². The minimum Gasteiger partial charge on any atom is -0.373 e. The lowest BCUT2D eigenvalue weighted by atomic mass is 10.1. The third-order valence-electron chi connectivity index (χ3n) is 3.02. The number of anilines is 1. The van der Waals surface area contributed by atoms with Crippen LogP contribution >= 0.6 is 11.8 Å². The van der Waals surface area contributed by atoms with E-state index >= 15 is 0 Å². The van der Waals surface area contributed by atoms with Gasteiger partial charge < -0.3 is 5.32 Å². The number of nitrogens with one attached hydrogen (secondary N) is 1. The zero-order valence-electron chi connectivity index (χ0n) is 12.5. The predicted molar refractivity (Wildman–Crippen MR) is 88.2 cm³/mol. The van der Waals surface area contributed by atoms with Crippen LogP contribution in [-0.2, 0) is 5.75 Å². The molecule has 1 N–H and O–H groups in total. The molecule has 0 saturated carbocycles. The normalized spacial score (nSPS) is 10.8. The summed E-state index contributed by atoms with van der Waals surface area (Å²) in [6.45, 7) is 6.44. The van der Waals surface area contributed by atoms with E-state index in [1.54, 1.807) is 0 Å². The molecule has 0 spiro atoms. The lowest BCUT2D eigenvalue weighted by Gasteiger charge is -2.13. The Labute approximate surface area is 125 Å². The molecule has 0 bridgehead atoms. The summed E-state index contributed by atoms with van der Waals surface area (Å²) < 4.78 is 0. The molecule has 0 aliphatic carbocycles. The summed E-state index contributed by atoms with van der Waals surface area (Å²) in [7, 11) is 1.91. The summed E-state index contributed by atoms with van der Waals surface area (Å²) in [5.74, 6) is 2.64. The maximum atomic E-state index is 4.75. The number of aromatic nitrogens is 2. The largest absolute Gasteiger partial charge is 0.373 e. The SMILES string of the molecule is CNc1nc(CSC(C)C)nc(-c2ccccc2)c1C. The number of benzene rings is 1. The Bertz CT molecular complexity index is 567. The summed E-state index contributed by atoms with van der Waals surface area (Å²) in [6, 6.07) is 10.3. The Hall–Kier alpha value is -1.55. The molecule has 4 heteroatoms. The third-order valence-corrected chi connectivity index (χ3v) is 4.11. The van der Waals surface area contributed by atoms with Gasteiger partial charge in [-0.05, 0) is 12.2 Å². The molecule has 1 aromatic carbocycles. The molecule has 2 aromatic rings. The Balaban J connectivity index is 2.42. The maximum Gasteiger partial charge on any atom is 0.141 e. The second-order valence-electron chi connectivity index (χ2n) is 4.94. The van der Waals surface area contributed by atoms with Crippen LogP contribution in [0.15, 0.2) is 30.3 Å². The van der Waals surface area contributed by atoms with Crippen molar-refractivity contribution in [2.24, 2.45) is 0 Å². The number of thioether (sulfide) groups is 1. The summed E-state index contributed by atoms with van der Waals surface area (Å²) >= 11 is 1.86. The fourth-order valence-corrected chi connectivity index (χ4v) is 2.60. The summed E-state index contributed by atoms with van der Waals surface area (Å²) in [5, 5.41) is 3.75. The van der Waals surface area contributed by atoms with E-state index in [-0.39, 0.29) is 0 Å². The van der Waals surface area contributed by atoms with Gasteiger partial charge in [0.05, 0.1) is 11.4 Å². The van der Waals surface area contributed by atoms with E-state index in [1.807, 2.05) is 37.0 Å². The van der Waals surface area contributed by atoms with Crippen molar-refractivity contribution < 1.29 is 0 Å². The highest BCUT2D eigenvalue weighted by atomic mass is 32.2. The molecule has 0 unspecified atom stereocenters. The zero-order chi connectivity index (χ0) is 14.5. The molecule has 1 heterocycles. The molecule has 0 fully saturated rings. The number of hydrogen-bond acceptors (Lipinski definition) is 4. The van der Waals surface area contributed by atoms with Crippen molar-refractivity contribution in [2.75, 3.05) is 12.4 Å². The van der Waals surface area contributed by atoms with Crippen molar-refractivity contribution in [2.45, 2.75) is 31.8 Å². The molecule has 20 heavy (non-hydrogen) atoms. The van der Waals surface area contributed by atoms with E-state index in [9.17, 15) is 0 Å². The quantitative estimate of drug-likeness (QED) is 0.897. The standard InChI is InChI=1S/C16H21N3S/c1-11(2)20-10-14-18-15(12(3)16(17-4)19-14)13-8-6-5-7-9-13/h5-9,11H,10H2,1-4H3,(H,17,18,19). The van der Waals surface area contributed by atoms with Gasteiger partial charge in [-0.3, -0.25) is 0 Å². The van der Waals surface area contributed by atoms with Crippen molar-refractivity contribution in [3.8, 4) is 11.3 Å². The maximum absolute atomic E-state index is 4.75. The Morgan fingerprint density at radius 2 is 1.85 bits per heavy atom. The van der Waals surface area contributed by atoms with Crippen LogP contribution in [0.3, 0.4) is 0 Å². The van der Waals surface area contributed by atoms with Gasteiger partial charge in [0, 0.05) is 18.2 Å². The first-order valence-electron chi connectivity index (χ1n) is 6.84. The second-order valence-corrected chi connectivity index (χ2v) is 6.50. The highest BCUT2D eigenvalue weighted by Gasteiger charge is 2.12. The van der Waals surface area contributed by atoms with Gasteiger partial charge in [-0.2, -0.15) is 11.8 Å². The lowest BCUT2D eigenvalue weighted by Crippen LogP contribution is -2.05. The van der Waals surface area contributed by atoms with Gasteiger partial charge in [0.1, 0.15) is 11.6 Å². The fourth-order valence-electron chi connectivity index (χ4n) is 1.99. The van der Waals surface area contributed by atoms with Crippen molar-refractivity contribution in [1.82, 2.24) is 9.97 Å². The molecular weight excluding hydrogens is 266 g/mol. The van der Waals surface area contributed by atoms with Gasteiger partial charge in [0.15, 0.2) is 0 Å². The van der Waals surface area contributed by atoms with E-state index in [2.05, 4.69) is 43.2 Å². The van der Waals surface area contributed by atoms with Gasteiger partial charge >= 0.3 is 0 Å². The first-order chi connectivity index (χ1) is 9.61. The Morgan fingerprint density at radius 1 is 1.15 bits per heavy atom. The molecule has 0 radical (unpaired) electrons. The van der Waals surface area contributed by atoms with Gasteiger partial charge in [0.2, 0.25) is 0 Å².